The topological polar surface area (TPSA) is 107 Å². The number of phenolic OH excluding ortho intramolecular Hbond substituents is 1. The van der Waals surface area contributed by atoms with E-state index < -0.39 is 21.3 Å². The molecule has 14 heavy (non-hydrogen) atoms. The number of rotatable bonds is 2. The lowest BCUT2D eigenvalue weighted by Gasteiger charge is -2.00. The van der Waals surface area contributed by atoms with Gasteiger partial charge in [-0.3, -0.25) is 20.2 Å². The number of aromatic hydroxyl groups is 1. The van der Waals surface area contributed by atoms with Crippen molar-refractivity contribution in [3.63, 3.8) is 0 Å². The smallest absolute Gasteiger partial charge is 0.320 e. The fourth-order valence-electron chi connectivity index (χ4n) is 1.10. The zero-order valence-electron chi connectivity index (χ0n) is 7.13. The fraction of sp³-hybridized carbons (Fsp3) is 0.143. The first kappa shape index (κ1) is 9.90. The van der Waals surface area contributed by atoms with Crippen LogP contribution in [0.15, 0.2) is 12.1 Å². The van der Waals surface area contributed by atoms with Crippen LogP contribution in [0.25, 0.3) is 0 Å². The highest BCUT2D eigenvalue weighted by Gasteiger charge is 2.25. The van der Waals surface area contributed by atoms with E-state index >= 15 is 0 Å². The van der Waals surface area contributed by atoms with Crippen molar-refractivity contribution in [2.45, 2.75) is 6.92 Å². The molecular weight excluding hydrogens is 192 g/mol. The van der Waals surface area contributed by atoms with Crippen LogP contribution in [0, 0.1) is 27.2 Å². The van der Waals surface area contributed by atoms with Gasteiger partial charge in [-0.2, -0.15) is 0 Å². The van der Waals surface area contributed by atoms with Gasteiger partial charge in [0.25, 0.3) is 5.69 Å². The molecule has 0 saturated carbocycles. The van der Waals surface area contributed by atoms with E-state index in [2.05, 4.69) is 0 Å². The molecule has 1 aromatic rings. The van der Waals surface area contributed by atoms with Crippen molar-refractivity contribution in [3.8, 4) is 5.75 Å². The number of nitro groups is 2. The van der Waals surface area contributed by atoms with E-state index in [0.29, 0.717) is 0 Å². The van der Waals surface area contributed by atoms with Crippen LogP contribution in [0.4, 0.5) is 11.4 Å². The number of nitrogens with zero attached hydrogens (tertiary/aromatic N) is 2. The number of phenols is 1. The van der Waals surface area contributed by atoms with Crippen molar-refractivity contribution < 1.29 is 15.0 Å². The molecule has 0 heterocycles. The molecule has 0 amide bonds. The van der Waals surface area contributed by atoms with E-state index in [4.69, 9.17) is 5.11 Å². The van der Waals surface area contributed by atoms with Crippen LogP contribution in [0.2, 0.25) is 0 Å². The molecule has 0 unspecified atom stereocenters. The minimum atomic E-state index is -0.850. The van der Waals surface area contributed by atoms with Gasteiger partial charge >= 0.3 is 5.69 Å². The first-order valence-electron chi connectivity index (χ1n) is 3.56. The number of hydrogen-bond donors (Lipinski definition) is 1. The molecule has 1 aromatic carbocycles. The summed E-state index contributed by atoms with van der Waals surface area (Å²) in [6.07, 6.45) is 0. The molecule has 7 nitrogen and oxygen atoms in total. The lowest BCUT2D eigenvalue weighted by Crippen LogP contribution is -1.97. The van der Waals surface area contributed by atoms with E-state index in [9.17, 15) is 20.2 Å². The molecule has 0 aromatic heterocycles. The first-order chi connectivity index (χ1) is 6.45. The van der Waals surface area contributed by atoms with Gasteiger partial charge < -0.3 is 5.11 Å². The molecule has 1 rings (SSSR count). The third-order valence-corrected chi connectivity index (χ3v) is 1.76. The van der Waals surface area contributed by atoms with E-state index in [1.807, 2.05) is 0 Å². The second-order valence-corrected chi connectivity index (χ2v) is 2.59. The van der Waals surface area contributed by atoms with Crippen LogP contribution in [0.1, 0.15) is 5.56 Å². The molecule has 1 N–H and O–H groups in total. The first-order valence-corrected chi connectivity index (χ1v) is 3.56. The lowest BCUT2D eigenvalue weighted by atomic mass is 10.1. The average Bonchev–Trinajstić information content (AvgIpc) is 2.02. The maximum atomic E-state index is 10.4. The maximum absolute atomic E-state index is 10.4. The minimum absolute atomic E-state index is 0.153. The van der Waals surface area contributed by atoms with Gasteiger partial charge in [0.05, 0.1) is 9.85 Å². The zero-order chi connectivity index (χ0) is 10.9. The summed E-state index contributed by atoms with van der Waals surface area (Å²) in [7, 11) is 0. The predicted molar refractivity (Wildman–Crippen MR) is 46.2 cm³/mol. The van der Waals surface area contributed by atoms with Crippen molar-refractivity contribution in [2.75, 3.05) is 0 Å². The van der Waals surface area contributed by atoms with E-state index in [0.717, 1.165) is 12.1 Å². The minimum Gasteiger partial charge on any atom is -0.502 e. The summed E-state index contributed by atoms with van der Waals surface area (Å²) in [5, 5.41) is 30.0. The van der Waals surface area contributed by atoms with Gasteiger partial charge in [0.2, 0.25) is 0 Å². The van der Waals surface area contributed by atoms with Crippen molar-refractivity contribution >= 4 is 11.4 Å². The SMILES string of the molecule is Cc1c([N+](=O)[O-])ccc(O)c1[N+](=O)[O-]. The summed E-state index contributed by atoms with van der Waals surface area (Å²) >= 11 is 0. The molecule has 0 aliphatic rings. The molecule has 0 saturated heterocycles. The molecule has 0 radical (unpaired) electrons. The Balaban J connectivity index is 3.49. The highest BCUT2D eigenvalue weighted by Crippen LogP contribution is 2.34. The normalized spacial score (nSPS) is 9.79. The Morgan fingerprint density at radius 1 is 1.21 bits per heavy atom. The molecule has 0 aliphatic carbocycles. The predicted octanol–water partition coefficient (Wildman–Crippen LogP) is 1.52. The van der Waals surface area contributed by atoms with Gasteiger partial charge in [-0.15, -0.1) is 0 Å². The monoisotopic (exact) mass is 198 g/mol. The quantitative estimate of drug-likeness (QED) is 0.572. The van der Waals surface area contributed by atoms with Crippen LogP contribution in [0.3, 0.4) is 0 Å². The summed E-state index contributed by atoms with van der Waals surface area (Å²) in [5.41, 5.74) is -1.16. The van der Waals surface area contributed by atoms with Gasteiger partial charge in [-0.05, 0) is 13.0 Å². The number of hydrogen-bond acceptors (Lipinski definition) is 5. The van der Waals surface area contributed by atoms with Crippen molar-refractivity contribution in [2.24, 2.45) is 0 Å². The van der Waals surface area contributed by atoms with Crippen molar-refractivity contribution in [1.82, 2.24) is 0 Å². The molecule has 0 fully saturated rings. The highest BCUT2D eigenvalue weighted by molar-refractivity contribution is 5.60. The Morgan fingerprint density at radius 3 is 2.21 bits per heavy atom. The summed E-state index contributed by atoms with van der Waals surface area (Å²) in [6, 6.07) is 1.96. The summed E-state index contributed by atoms with van der Waals surface area (Å²) in [4.78, 5) is 19.3. The zero-order valence-corrected chi connectivity index (χ0v) is 7.13. The van der Waals surface area contributed by atoms with E-state index in [-0.39, 0.29) is 11.3 Å². The fourth-order valence-corrected chi connectivity index (χ4v) is 1.10. The van der Waals surface area contributed by atoms with Crippen LogP contribution in [-0.4, -0.2) is 15.0 Å². The average molecular weight is 198 g/mol. The van der Waals surface area contributed by atoms with Crippen LogP contribution in [0.5, 0.6) is 5.75 Å². The van der Waals surface area contributed by atoms with Gasteiger partial charge in [-0.1, -0.05) is 0 Å². The Hall–Kier alpha value is -2.18. The van der Waals surface area contributed by atoms with Crippen LogP contribution < -0.4 is 0 Å². The largest absolute Gasteiger partial charge is 0.502 e. The van der Waals surface area contributed by atoms with Crippen molar-refractivity contribution in [1.29, 1.82) is 0 Å². The Morgan fingerprint density at radius 2 is 1.79 bits per heavy atom. The second kappa shape index (κ2) is 3.29. The standard InChI is InChI=1S/C7H6N2O5/c1-4-5(8(11)12)2-3-6(10)7(4)9(13)14/h2-3,10H,1H3. The van der Waals surface area contributed by atoms with Gasteiger partial charge in [0.1, 0.15) is 5.56 Å². The Labute approximate surface area is 77.9 Å². The number of nitro benzene ring substituents is 2. The van der Waals surface area contributed by atoms with Gasteiger partial charge in [0, 0.05) is 6.07 Å². The maximum Gasteiger partial charge on any atom is 0.320 e. The molecule has 0 spiro atoms. The van der Waals surface area contributed by atoms with Gasteiger partial charge in [0.15, 0.2) is 5.75 Å². The third kappa shape index (κ3) is 1.47. The molecule has 0 atom stereocenters. The highest BCUT2D eigenvalue weighted by atomic mass is 16.6. The van der Waals surface area contributed by atoms with Gasteiger partial charge in [-0.25, -0.2) is 0 Å². The van der Waals surface area contributed by atoms with E-state index in [1.165, 1.54) is 6.92 Å². The third-order valence-electron chi connectivity index (χ3n) is 1.76. The molecule has 74 valence electrons. The van der Waals surface area contributed by atoms with E-state index in [1.54, 1.807) is 0 Å². The summed E-state index contributed by atoms with van der Waals surface area (Å²) in [5.74, 6) is -0.571. The van der Waals surface area contributed by atoms with Crippen LogP contribution in [-0.2, 0) is 0 Å². The molecular formula is C7H6N2O5. The molecule has 7 heteroatoms. The molecule has 0 bridgehead atoms. The summed E-state index contributed by atoms with van der Waals surface area (Å²) in [6.45, 7) is 1.22. The Bertz CT molecular complexity index is 415. The van der Waals surface area contributed by atoms with Crippen LogP contribution >= 0.6 is 0 Å². The van der Waals surface area contributed by atoms with Crippen molar-refractivity contribution in [3.05, 3.63) is 37.9 Å². The molecule has 0 aliphatic heterocycles. The number of benzene rings is 1. The summed E-state index contributed by atoms with van der Waals surface area (Å²) < 4.78 is 0. The second-order valence-electron chi connectivity index (χ2n) is 2.59. The lowest BCUT2D eigenvalue weighted by molar-refractivity contribution is -0.395. The Kier molecular flexibility index (Phi) is 2.32.